The highest BCUT2D eigenvalue weighted by Gasteiger charge is 2.38. The van der Waals surface area contributed by atoms with E-state index < -0.39 is 22.0 Å². The maximum Gasteiger partial charge on any atom is 0.490 e. The van der Waals surface area contributed by atoms with E-state index in [0.717, 1.165) is 54.2 Å². The number of ether oxygens (including phenoxy) is 1. The van der Waals surface area contributed by atoms with Crippen molar-refractivity contribution in [3.63, 3.8) is 0 Å². The van der Waals surface area contributed by atoms with Gasteiger partial charge in [-0.3, -0.25) is 4.40 Å². The van der Waals surface area contributed by atoms with Crippen LogP contribution >= 0.6 is 0 Å². The number of imidazole rings is 1. The molecule has 17 heteroatoms. The standard InChI is InChI=1S/C29H30N8O3S.C2HF3O2/c38-41(39)15-13-36(14-16-41)28-29-33-23(20-40-27-8-6-21-3-1-2-4-24(21)34-27)19-37(29)25(18-32-28)22-5-7-26(31-17-22)35-11-9-30-10-12-35;3-2(4,5)1(6)7/h1-8,17-19,30H,9-16,20H2;(H,6,7). The minimum Gasteiger partial charge on any atom is -0.475 e. The van der Waals surface area contributed by atoms with Crippen molar-refractivity contribution in [3.05, 3.63) is 72.8 Å². The minimum atomic E-state index is -5.08. The molecule has 0 atom stereocenters. The highest BCUT2D eigenvalue weighted by Crippen LogP contribution is 2.28. The van der Waals surface area contributed by atoms with Crippen LogP contribution in [-0.2, 0) is 21.2 Å². The third-order valence-corrected chi connectivity index (χ3v) is 9.45. The Morgan fingerprint density at radius 3 is 2.33 bits per heavy atom. The molecule has 4 aromatic heterocycles. The van der Waals surface area contributed by atoms with Crippen molar-refractivity contribution in [1.82, 2.24) is 29.7 Å². The molecule has 0 amide bonds. The summed E-state index contributed by atoms with van der Waals surface area (Å²) in [5, 5.41) is 11.5. The Morgan fingerprint density at radius 2 is 1.65 bits per heavy atom. The van der Waals surface area contributed by atoms with Crippen LogP contribution in [-0.4, -0.2) is 101 Å². The summed E-state index contributed by atoms with van der Waals surface area (Å²) in [7, 11) is -3.03. The summed E-state index contributed by atoms with van der Waals surface area (Å²) in [6.07, 6.45) is 0.544. The normalized spacial score (nSPS) is 16.4. The molecule has 2 fully saturated rings. The van der Waals surface area contributed by atoms with Gasteiger partial charge in [-0.15, -0.1) is 0 Å². The van der Waals surface area contributed by atoms with Crippen molar-refractivity contribution in [2.45, 2.75) is 12.8 Å². The number of sulfone groups is 1. The average molecular weight is 685 g/mol. The van der Waals surface area contributed by atoms with E-state index in [1.54, 1.807) is 0 Å². The van der Waals surface area contributed by atoms with Gasteiger partial charge in [0.05, 0.1) is 34.6 Å². The van der Waals surface area contributed by atoms with E-state index in [4.69, 9.17) is 29.6 Å². The second-order valence-electron chi connectivity index (χ2n) is 11.1. The lowest BCUT2D eigenvalue weighted by Crippen LogP contribution is -2.43. The Labute approximate surface area is 272 Å². The van der Waals surface area contributed by atoms with Crippen LogP contribution in [0.2, 0.25) is 0 Å². The zero-order valence-corrected chi connectivity index (χ0v) is 26.3. The number of anilines is 2. The van der Waals surface area contributed by atoms with Gasteiger partial charge in [0.25, 0.3) is 0 Å². The maximum atomic E-state index is 12.1. The van der Waals surface area contributed by atoms with Crippen LogP contribution in [0.25, 0.3) is 27.8 Å². The molecule has 0 spiro atoms. The quantitative estimate of drug-likeness (QED) is 0.270. The molecule has 13 nitrogen and oxygen atoms in total. The van der Waals surface area contributed by atoms with Crippen LogP contribution in [0.15, 0.2) is 67.1 Å². The van der Waals surface area contributed by atoms with Crippen LogP contribution in [0.4, 0.5) is 24.8 Å². The van der Waals surface area contributed by atoms with E-state index in [9.17, 15) is 21.6 Å². The first kappa shape index (κ1) is 32.9. The predicted octanol–water partition coefficient (Wildman–Crippen LogP) is 3.20. The molecule has 252 valence electrons. The van der Waals surface area contributed by atoms with Crippen LogP contribution in [0.5, 0.6) is 5.88 Å². The van der Waals surface area contributed by atoms with E-state index in [2.05, 4.69) is 21.3 Å². The molecule has 5 aromatic rings. The number of hydrogen-bond donors (Lipinski definition) is 2. The number of carbonyl (C=O) groups is 1. The first-order valence-corrected chi connectivity index (χ1v) is 16.8. The molecule has 2 aliphatic heterocycles. The van der Waals surface area contributed by atoms with E-state index in [-0.39, 0.29) is 18.1 Å². The van der Waals surface area contributed by atoms with E-state index >= 15 is 0 Å². The van der Waals surface area contributed by atoms with Crippen molar-refractivity contribution in [1.29, 1.82) is 0 Å². The summed E-state index contributed by atoms with van der Waals surface area (Å²) in [6.45, 7) is 4.73. The molecule has 0 bridgehead atoms. The third kappa shape index (κ3) is 7.57. The van der Waals surface area contributed by atoms with Gasteiger partial charge in [-0.2, -0.15) is 13.2 Å². The SMILES string of the molecule is O=C(O)C(F)(F)F.O=S1(=O)CCN(c2ncc(-c3ccc(N4CCNCC4)nc3)n3cc(COc4ccc5ccccc5n4)nc23)CC1. The van der Waals surface area contributed by atoms with Gasteiger partial charge in [-0.1, -0.05) is 18.2 Å². The van der Waals surface area contributed by atoms with Gasteiger partial charge in [0.15, 0.2) is 21.3 Å². The van der Waals surface area contributed by atoms with Crippen LogP contribution in [0.1, 0.15) is 5.69 Å². The molecule has 2 aliphatic rings. The molecule has 2 saturated heterocycles. The lowest BCUT2D eigenvalue weighted by molar-refractivity contribution is -0.192. The molecule has 0 radical (unpaired) electrons. The number of fused-ring (bicyclic) bond motifs is 2. The number of piperazine rings is 1. The number of alkyl halides is 3. The third-order valence-electron chi connectivity index (χ3n) is 7.84. The Morgan fingerprint density at radius 1 is 0.917 bits per heavy atom. The van der Waals surface area contributed by atoms with Crippen molar-refractivity contribution >= 4 is 44.0 Å². The van der Waals surface area contributed by atoms with Crippen LogP contribution in [0.3, 0.4) is 0 Å². The van der Waals surface area contributed by atoms with Crippen LogP contribution < -0.4 is 19.9 Å². The van der Waals surface area contributed by atoms with Crippen molar-refractivity contribution < 1.29 is 36.2 Å². The maximum absolute atomic E-state index is 12.1. The summed E-state index contributed by atoms with van der Waals surface area (Å²) >= 11 is 0. The minimum absolute atomic E-state index is 0.101. The van der Waals surface area contributed by atoms with Crippen molar-refractivity contribution in [2.24, 2.45) is 0 Å². The number of rotatable bonds is 6. The van der Waals surface area contributed by atoms with E-state index in [1.807, 2.05) is 70.4 Å². The second-order valence-corrected chi connectivity index (χ2v) is 13.4. The van der Waals surface area contributed by atoms with Gasteiger partial charge < -0.3 is 25.0 Å². The van der Waals surface area contributed by atoms with E-state index in [1.165, 1.54) is 0 Å². The van der Waals surface area contributed by atoms with Crippen LogP contribution in [0, 0.1) is 0 Å². The lowest BCUT2D eigenvalue weighted by Gasteiger charge is -2.28. The molecule has 0 unspecified atom stereocenters. The van der Waals surface area contributed by atoms with Gasteiger partial charge in [0.1, 0.15) is 12.4 Å². The van der Waals surface area contributed by atoms with Crippen molar-refractivity contribution in [2.75, 3.05) is 60.6 Å². The van der Waals surface area contributed by atoms with Crippen molar-refractivity contribution in [3.8, 4) is 17.1 Å². The van der Waals surface area contributed by atoms with Gasteiger partial charge in [0.2, 0.25) is 5.88 Å². The number of aromatic nitrogens is 5. The number of carboxylic acid groups (broad SMARTS) is 1. The monoisotopic (exact) mass is 684 g/mol. The number of halogens is 3. The molecule has 0 aliphatic carbocycles. The fourth-order valence-corrected chi connectivity index (χ4v) is 6.54. The number of hydrogen-bond acceptors (Lipinski definition) is 11. The molecule has 2 N–H and O–H groups in total. The first-order valence-electron chi connectivity index (χ1n) is 15.0. The molecule has 1 aromatic carbocycles. The number of pyridine rings is 2. The Kier molecular flexibility index (Phi) is 9.32. The highest BCUT2D eigenvalue weighted by molar-refractivity contribution is 7.91. The topological polar surface area (TPSA) is 155 Å². The predicted molar refractivity (Wildman–Crippen MR) is 172 cm³/mol. The largest absolute Gasteiger partial charge is 0.490 e. The summed E-state index contributed by atoms with van der Waals surface area (Å²) in [5.41, 5.74) is 3.99. The first-order chi connectivity index (χ1) is 23.0. The van der Waals surface area contributed by atoms with Gasteiger partial charge in [0, 0.05) is 68.7 Å². The molecular formula is C31H31F3N8O5S. The lowest BCUT2D eigenvalue weighted by atomic mass is 10.2. The zero-order valence-electron chi connectivity index (χ0n) is 25.5. The molecule has 6 heterocycles. The Balaban J connectivity index is 0.000000519. The molecule has 48 heavy (non-hydrogen) atoms. The van der Waals surface area contributed by atoms with E-state index in [0.29, 0.717) is 36.1 Å². The summed E-state index contributed by atoms with van der Waals surface area (Å²) in [4.78, 5) is 32.2. The van der Waals surface area contributed by atoms with Gasteiger partial charge in [-0.25, -0.2) is 33.1 Å². The van der Waals surface area contributed by atoms with Gasteiger partial charge in [-0.05, 0) is 24.3 Å². The number of carboxylic acids is 1. The number of benzene rings is 1. The van der Waals surface area contributed by atoms with Gasteiger partial charge >= 0.3 is 12.1 Å². The number of aliphatic carboxylic acids is 1. The summed E-state index contributed by atoms with van der Waals surface area (Å²) < 4.78 is 63.9. The summed E-state index contributed by atoms with van der Waals surface area (Å²) in [5.74, 6) is -0.424. The fourth-order valence-electron chi connectivity index (χ4n) is 5.34. The second kappa shape index (κ2) is 13.6. The number of nitrogens with one attached hydrogen (secondary N) is 1. The fraction of sp³-hybridized carbons (Fsp3) is 0.323. The zero-order chi connectivity index (χ0) is 33.9. The number of nitrogens with zero attached hydrogens (tertiary/aromatic N) is 7. The highest BCUT2D eigenvalue weighted by atomic mass is 32.2. The number of para-hydroxylation sites is 1. The Bertz CT molecular complexity index is 2020. The summed E-state index contributed by atoms with van der Waals surface area (Å²) in [6, 6.07) is 15.9. The molecular weight excluding hydrogens is 653 g/mol. The Hall–Kier alpha value is -5.03. The smallest absolute Gasteiger partial charge is 0.475 e. The average Bonchev–Trinajstić information content (AvgIpc) is 3.52. The molecule has 0 saturated carbocycles. The molecule has 7 rings (SSSR count).